The Kier molecular flexibility index (Phi) is 4.68. The van der Waals surface area contributed by atoms with Crippen LogP contribution in [0.2, 0.25) is 0 Å². The zero-order valence-corrected chi connectivity index (χ0v) is 14.6. The van der Waals surface area contributed by atoms with Gasteiger partial charge in [0.15, 0.2) is 5.69 Å². The number of carbonyl (C=O) groups is 1. The van der Waals surface area contributed by atoms with E-state index in [1.807, 2.05) is 43.3 Å². The summed E-state index contributed by atoms with van der Waals surface area (Å²) in [5, 5.41) is 10.9. The van der Waals surface area contributed by atoms with Crippen molar-refractivity contribution in [3.8, 4) is 10.6 Å². The number of aromatic nitrogens is 2. The molecule has 0 bridgehead atoms. The van der Waals surface area contributed by atoms with E-state index in [2.05, 4.69) is 36.7 Å². The summed E-state index contributed by atoms with van der Waals surface area (Å²) >= 11 is 5.03. The molecule has 0 spiro atoms. The standard InChI is InChI=1S/C16H13BrN4OS/c1-10-5-6-15(23-10)13-8-14(20-19-13)16(22)21-18-9-11-3-2-4-12(17)7-11/h2-9H,1H3,(H,19,20)(H,21,22). The monoisotopic (exact) mass is 388 g/mol. The Bertz CT molecular complexity index is 868. The van der Waals surface area contributed by atoms with E-state index in [1.165, 1.54) is 4.88 Å². The van der Waals surface area contributed by atoms with Gasteiger partial charge in [-0.25, -0.2) is 5.43 Å². The number of thiophene rings is 1. The molecule has 0 aliphatic carbocycles. The van der Waals surface area contributed by atoms with Crippen LogP contribution in [0, 0.1) is 6.92 Å². The SMILES string of the molecule is Cc1ccc(-c2cc(C(=O)NN=Cc3cccc(Br)c3)n[nH]2)s1. The third kappa shape index (κ3) is 3.94. The summed E-state index contributed by atoms with van der Waals surface area (Å²) in [6.45, 7) is 2.04. The van der Waals surface area contributed by atoms with E-state index in [9.17, 15) is 4.79 Å². The lowest BCUT2D eigenvalue weighted by molar-refractivity contribution is 0.0950. The fourth-order valence-electron chi connectivity index (χ4n) is 1.95. The van der Waals surface area contributed by atoms with E-state index in [0.29, 0.717) is 5.69 Å². The van der Waals surface area contributed by atoms with Crippen molar-refractivity contribution in [3.05, 3.63) is 63.1 Å². The molecule has 3 rings (SSSR count). The van der Waals surface area contributed by atoms with Crippen molar-refractivity contribution in [1.82, 2.24) is 15.6 Å². The number of nitrogens with one attached hydrogen (secondary N) is 2. The Morgan fingerprint density at radius 1 is 1.35 bits per heavy atom. The van der Waals surface area contributed by atoms with Crippen LogP contribution in [0.15, 0.2) is 52.0 Å². The van der Waals surface area contributed by atoms with Crippen LogP contribution in [0.5, 0.6) is 0 Å². The minimum Gasteiger partial charge on any atom is -0.276 e. The number of hydrazone groups is 1. The molecule has 1 amide bonds. The zero-order valence-electron chi connectivity index (χ0n) is 12.2. The second-order valence-electron chi connectivity index (χ2n) is 4.83. The lowest BCUT2D eigenvalue weighted by Gasteiger charge is -1.96. The number of rotatable bonds is 4. The third-order valence-corrected chi connectivity index (χ3v) is 4.57. The molecule has 5 nitrogen and oxygen atoms in total. The van der Waals surface area contributed by atoms with Crippen LogP contribution in [-0.2, 0) is 0 Å². The zero-order chi connectivity index (χ0) is 16.2. The topological polar surface area (TPSA) is 70.1 Å². The minimum absolute atomic E-state index is 0.303. The number of aromatic amines is 1. The fourth-order valence-corrected chi connectivity index (χ4v) is 3.20. The van der Waals surface area contributed by atoms with Gasteiger partial charge in [-0.15, -0.1) is 11.3 Å². The number of hydrogen-bond acceptors (Lipinski definition) is 4. The minimum atomic E-state index is -0.355. The molecule has 3 aromatic rings. The summed E-state index contributed by atoms with van der Waals surface area (Å²) < 4.78 is 0.955. The summed E-state index contributed by atoms with van der Waals surface area (Å²) in [4.78, 5) is 14.3. The van der Waals surface area contributed by atoms with E-state index >= 15 is 0 Å². The molecule has 2 N–H and O–H groups in total. The van der Waals surface area contributed by atoms with Crippen molar-refractivity contribution in [2.75, 3.05) is 0 Å². The Morgan fingerprint density at radius 2 is 2.22 bits per heavy atom. The molecule has 23 heavy (non-hydrogen) atoms. The molecule has 0 fully saturated rings. The van der Waals surface area contributed by atoms with Crippen molar-refractivity contribution in [2.45, 2.75) is 6.92 Å². The van der Waals surface area contributed by atoms with Crippen LogP contribution in [-0.4, -0.2) is 22.3 Å². The number of carbonyl (C=O) groups excluding carboxylic acids is 1. The van der Waals surface area contributed by atoms with Crippen molar-refractivity contribution < 1.29 is 4.79 Å². The smallest absolute Gasteiger partial charge is 0.276 e. The number of benzene rings is 1. The number of hydrogen-bond donors (Lipinski definition) is 2. The number of nitrogens with zero attached hydrogens (tertiary/aromatic N) is 2. The van der Waals surface area contributed by atoms with Gasteiger partial charge in [0.25, 0.3) is 5.91 Å². The highest BCUT2D eigenvalue weighted by atomic mass is 79.9. The van der Waals surface area contributed by atoms with Gasteiger partial charge in [-0.2, -0.15) is 10.2 Å². The largest absolute Gasteiger partial charge is 0.291 e. The van der Waals surface area contributed by atoms with Gasteiger partial charge in [-0.1, -0.05) is 28.1 Å². The van der Waals surface area contributed by atoms with E-state index in [-0.39, 0.29) is 5.91 Å². The lowest BCUT2D eigenvalue weighted by atomic mass is 10.2. The molecule has 116 valence electrons. The second-order valence-corrected chi connectivity index (χ2v) is 7.03. The van der Waals surface area contributed by atoms with Crippen LogP contribution in [0.3, 0.4) is 0 Å². The Hall–Kier alpha value is -2.25. The van der Waals surface area contributed by atoms with E-state index in [4.69, 9.17) is 0 Å². The summed E-state index contributed by atoms with van der Waals surface area (Å²) in [6, 6.07) is 13.4. The van der Waals surface area contributed by atoms with E-state index in [0.717, 1.165) is 20.6 Å². The van der Waals surface area contributed by atoms with Crippen LogP contribution in [0.4, 0.5) is 0 Å². The highest BCUT2D eigenvalue weighted by Crippen LogP contribution is 2.26. The van der Waals surface area contributed by atoms with Crippen LogP contribution in [0.1, 0.15) is 20.9 Å². The normalized spacial score (nSPS) is 11.0. The molecule has 0 radical (unpaired) electrons. The van der Waals surface area contributed by atoms with Crippen LogP contribution < -0.4 is 5.43 Å². The fraction of sp³-hybridized carbons (Fsp3) is 0.0625. The first-order valence-electron chi connectivity index (χ1n) is 6.83. The molecule has 0 unspecified atom stereocenters. The number of halogens is 1. The predicted molar refractivity (Wildman–Crippen MR) is 95.8 cm³/mol. The average Bonchev–Trinajstić information content (AvgIpc) is 3.16. The number of amides is 1. The van der Waals surface area contributed by atoms with Gasteiger partial charge in [-0.05, 0) is 42.8 Å². The van der Waals surface area contributed by atoms with Gasteiger partial charge in [0.1, 0.15) is 0 Å². The number of H-pyrrole nitrogens is 1. The van der Waals surface area contributed by atoms with Gasteiger partial charge in [0, 0.05) is 9.35 Å². The Labute approximate surface area is 145 Å². The first kappa shape index (κ1) is 15.6. The summed E-state index contributed by atoms with van der Waals surface area (Å²) in [5.74, 6) is -0.355. The van der Waals surface area contributed by atoms with Crippen molar-refractivity contribution >= 4 is 39.4 Å². The molecule has 1 aromatic carbocycles. The maximum absolute atomic E-state index is 12.0. The van der Waals surface area contributed by atoms with Gasteiger partial charge in [-0.3, -0.25) is 9.89 Å². The first-order valence-corrected chi connectivity index (χ1v) is 8.44. The maximum Gasteiger partial charge on any atom is 0.291 e. The van der Waals surface area contributed by atoms with Gasteiger partial charge < -0.3 is 0 Å². The summed E-state index contributed by atoms with van der Waals surface area (Å²) in [7, 11) is 0. The van der Waals surface area contributed by atoms with Crippen LogP contribution >= 0.6 is 27.3 Å². The molecule has 0 atom stereocenters. The molecule has 2 aromatic heterocycles. The van der Waals surface area contributed by atoms with E-state index < -0.39 is 0 Å². The predicted octanol–water partition coefficient (Wildman–Crippen LogP) is 3.97. The lowest BCUT2D eigenvalue weighted by Crippen LogP contribution is -2.17. The van der Waals surface area contributed by atoms with Crippen LogP contribution in [0.25, 0.3) is 10.6 Å². The van der Waals surface area contributed by atoms with Crippen molar-refractivity contribution in [3.63, 3.8) is 0 Å². The Morgan fingerprint density at radius 3 is 2.96 bits per heavy atom. The quantitative estimate of drug-likeness (QED) is 0.524. The molecular weight excluding hydrogens is 376 g/mol. The van der Waals surface area contributed by atoms with Gasteiger partial charge in [0.05, 0.1) is 16.8 Å². The van der Waals surface area contributed by atoms with Gasteiger partial charge >= 0.3 is 0 Å². The Balaban J connectivity index is 1.66. The average molecular weight is 389 g/mol. The number of aryl methyl sites for hydroxylation is 1. The molecule has 7 heteroatoms. The summed E-state index contributed by atoms with van der Waals surface area (Å²) in [6.07, 6.45) is 1.58. The highest BCUT2D eigenvalue weighted by Gasteiger charge is 2.11. The second kappa shape index (κ2) is 6.89. The molecule has 0 saturated carbocycles. The molecule has 0 saturated heterocycles. The first-order chi connectivity index (χ1) is 11.1. The van der Waals surface area contributed by atoms with Crippen molar-refractivity contribution in [2.24, 2.45) is 5.10 Å². The molecule has 0 aliphatic rings. The van der Waals surface area contributed by atoms with E-state index in [1.54, 1.807) is 23.6 Å². The maximum atomic E-state index is 12.0. The van der Waals surface area contributed by atoms with Gasteiger partial charge in [0.2, 0.25) is 0 Å². The molecule has 2 heterocycles. The summed E-state index contributed by atoms with van der Waals surface area (Å²) in [5.41, 5.74) is 4.49. The van der Waals surface area contributed by atoms with Crippen molar-refractivity contribution in [1.29, 1.82) is 0 Å². The molecular formula is C16H13BrN4OS. The molecule has 0 aliphatic heterocycles. The third-order valence-electron chi connectivity index (χ3n) is 3.04. The highest BCUT2D eigenvalue weighted by molar-refractivity contribution is 9.10.